The van der Waals surface area contributed by atoms with Crippen molar-refractivity contribution in [1.29, 1.82) is 5.26 Å². The Balaban J connectivity index is 1.11. The fraction of sp³-hybridized carbons (Fsp3) is 0.379. The molecule has 0 amide bonds. The Morgan fingerprint density at radius 1 is 1.20 bits per heavy atom. The minimum atomic E-state index is -0.940. The number of benzene rings is 1. The Morgan fingerprint density at radius 2 is 2.02 bits per heavy atom. The highest BCUT2D eigenvalue weighted by molar-refractivity contribution is 7.13. The smallest absolute Gasteiger partial charge is 0.335 e. The minimum absolute atomic E-state index is 0.139. The number of piperidine rings is 1. The van der Waals surface area contributed by atoms with Gasteiger partial charge in [-0.3, -0.25) is 4.90 Å². The number of halogens is 1. The lowest BCUT2D eigenvalue weighted by atomic mass is 9.93. The molecule has 2 saturated heterocycles. The summed E-state index contributed by atoms with van der Waals surface area (Å²) in [6, 6.07) is 14.8. The lowest BCUT2D eigenvalue weighted by Gasteiger charge is -2.32. The summed E-state index contributed by atoms with van der Waals surface area (Å²) in [5.41, 5.74) is 2.93. The first-order valence-electron chi connectivity index (χ1n) is 13.3. The zero-order valence-corrected chi connectivity index (χ0v) is 23.3. The number of fused-ring (bicyclic) bond motifs is 1. The van der Waals surface area contributed by atoms with Crippen molar-refractivity contribution >= 4 is 39.9 Å². The van der Waals surface area contributed by atoms with Crippen molar-refractivity contribution in [2.75, 3.05) is 19.7 Å². The van der Waals surface area contributed by atoms with E-state index in [-0.39, 0.29) is 18.3 Å². The average molecular weight is 578 g/mol. The number of carboxylic acid groups (broad SMARTS) is 1. The number of imidazole rings is 1. The maximum Gasteiger partial charge on any atom is 0.335 e. The molecule has 11 heteroatoms. The maximum absolute atomic E-state index is 11.6. The number of aromatic nitrogens is 3. The molecule has 0 saturated carbocycles. The molecule has 0 aliphatic carbocycles. The zero-order chi connectivity index (χ0) is 27.6. The molecular formula is C29H28ClN5O4S. The zero-order valence-electron chi connectivity index (χ0n) is 21.8. The third-order valence-electron chi connectivity index (χ3n) is 7.59. The Kier molecular flexibility index (Phi) is 7.71. The average Bonchev–Trinajstić information content (AvgIpc) is 3.48. The minimum Gasteiger partial charge on any atom is -0.478 e. The number of nitriles is 1. The highest BCUT2D eigenvalue weighted by atomic mass is 35.5. The summed E-state index contributed by atoms with van der Waals surface area (Å²) in [5, 5.41) is 19.1. The van der Waals surface area contributed by atoms with Crippen molar-refractivity contribution in [2.45, 2.75) is 51.0 Å². The van der Waals surface area contributed by atoms with Crippen LogP contribution in [0.4, 0.5) is 0 Å². The van der Waals surface area contributed by atoms with Gasteiger partial charge in [0.1, 0.15) is 23.4 Å². The van der Waals surface area contributed by atoms with Gasteiger partial charge >= 0.3 is 5.97 Å². The van der Waals surface area contributed by atoms with Gasteiger partial charge in [0.05, 0.1) is 45.7 Å². The van der Waals surface area contributed by atoms with Crippen LogP contribution in [0.5, 0.6) is 5.88 Å². The largest absolute Gasteiger partial charge is 0.478 e. The SMILES string of the molecule is N#Cc1cc(Cl)c(COc2cccc(C3CCN(Cc4nc5ccc(C(=O)O)cc5n4CC4CCO4)CC3)n2)s1. The topological polar surface area (TPSA) is 114 Å². The number of likely N-dealkylation sites (tertiary alicyclic amines) is 1. The fourth-order valence-electron chi connectivity index (χ4n) is 5.29. The Hall–Kier alpha value is -3.49. The van der Waals surface area contributed by atoms with E-state index >= 15 is 0 Å². The molecule has 5 heterocycles. The van der Waals surface area contributed by atoms with E-state index in [0.717, 1.165) is 66.4 Å². The van der Waals surface area contributed by atoms with Crippen molar-refractivity contribution < 1.29 is 19.4 Å². The standard InChI is InChI=1S/C29H28ClN5O4S/c30-22-13-21(14-31)40-26(22)17-39-28-3-1-2-23(33-28)18-6-9-34(10-7-18)16-27-32-24-5-4-19(29(36)37)12-25(24)35(27)15-20-8-11-38-20/h1-5,12-13,18,20H,6-11,15-17H2,(H,36,37). The number of carbonyl (C=O) groups is 1. The second-order valence-electron chi connectivity index (χ2n) is 10.2. The molecule has 1 unspecified atom stereocenters. The van der Waals surface area contributed by atoms with E-state index in [2.05, 4.69) is 21.6 Å². The summed E-state index contributed by atoms with van der Waals surface area (Å²) in [5.74, 6) is 0.878. The molecule has 6 rings (SSSR count). The normalized spacial score (nSPS) is 17.9. The first-order chi connectivity index (χ1) is 19.5. The van der Waals surface area contributed by atoms with Crippen molar-refractivity contribution in [3.63, 3.8) is 0 Å². The molecule has 4 aromatic rings. The van der Waals surface area contributed by atoms with Crippen LogP contribution in [-0.4, -0.2) is 56.3 Å². The molecule has 0 radical (unpaired) electrons. The van der Waals surface area contributed by atoms with Gasteiger partial charge in [-0.15, -0.1) is 11.3 Å². The number of hydrogen-bond donors (Lipinski definition) is 1. The molecule has 0 spiro atoms. The van der Waals surface area contributed by atoms with Crippen LogP contribution in [-0.2, 0) is 24.4 Å². The van der Waals surface area contributed by atoms with Gasteiger partial charge in [-0.2, -0.15) is 5.26 Å². The molecule has 1 N–H and O–H groups in total. The number of pyridine rings is 1. The summed E-state index contributed by atoms with van der Waals surface area (Å²) in [7, 11) is 0. The van der Waals surface area contributed by atoms with Gasteiger partial charge in [-0.05, 0) is 62.7 Å². The number of ether oxygens (including phenoxy) is 2. The Morgan fingerprint density at radius 3 is 2.73 bits per heavy atom. The van der Waals surface area contributed by atoms with Crippen LogP contribution in [0.25, 0.3) is 11.0 Å². The number of hydrogen-bond acceptors (Lipinski definition) is 8. The van der Waals surface area contributed by atoms with Gasteiger partial charge in [0.25, 0.3) is 0 Å². The van der Waals surface area contributed by atoms with Gasteiger partial charge < -0.3 is 19.1 Å². The molecule has 3 aromatic heterocycles. The van der Waals surface area contributed by atoms with Crippen LogP contribution in [0.3, 0.4) is 0 Å². The van der Waals surface area contributed by atoms with E-state index in [1.165, 1.54) is 11.3 Å². The van der Waals surface area contributed by atoms with Crippen LogP contribution in [0, 0.1) is 11.3 Å². The second-order valence-corrected chi connectivity index (χ2v) is 11.7. The van der Waals surface area contributed by atoms with E-state index in [1.807, 2.05) is 12.1 Å². The molecule has 1 atom stereocenters. The summed E-state index contributed by atoms with van der Waals surface area (Å²) in [6.07, 6.45) is 3.07. The first-order valence-corrected chi connectivity index (χ1v) is 14.5. The molecule has 0 bridgehead atoms. The molecule has 40 heavy (non-hydrogen) atoms. The Bertz CT molecular complexity index is 1580. The molecular weight excluding hydrogens is 550 g/mol. The quantitative estimate of drug-likeness (QED) is 0.279. The van der Waals surface area contributed by atoms with E-state index in [9.17, 15) is 9.90 Å². The van der Waals surface area contributed by atoms with Crippen LogP contribution >= 0.6 is 22.9 Å². The van der Waals surface area contributed by atoms with Gasteiger partial charge in [0.15, 0.2) is 0 Å². The summed E-state index contributed by atoms with van der Waals surface area (Å²) in [4.78, 5) is 25.0. The number of carboxylic acids is 1. The molecule has 2 aliphatic rings. The van der Waals surface area contributed by atoms with Crippen molar-refractivity contribution in [2.24, 2.45) is 0 Å². The van der Waals surface area contributed by atoms with Crippen LogP contribution < -0.4 is 4.74 Å². The van der Waals surface area contributed by atoms with E-state index in [1.54, 1.807) is 24.3 Å². The number of rotatable bonds is 9. The van der Waals surface area contributed by atoms with Crippen molar-refractivity contribution in [3.8, 4) is 11.9 Å². The maximum atomic E-state index is 11.6. The van der Waals surface area contributed by atoms with Gasteiger partial charge in [0, 0.05) is 24.3 Å². The lowest BCUT2D eigenvalue weighted by Crippen LogP contribution is -2.35. The predicted molar refractivity (Wildman–Crippen MR) is 151 cm³/mol. The van der Waals surface area contributed by atoms with E-state index in [0.29, 0.717) is 34.8 Å². The summed E-state index contributed by atoms with van der Waals surface area (Å²) in [6.45, 7) is 4.23. The number of aromatic carboxylic acids is 1. The van der Waals surface area contributed by atoms with Gasteiger partial charge in [0.2, 0.25) is 5.88 Å². The number of thiophene rings is 1. The van der Waals surface area contributed by atoms with E-state index < -0.39 is 5.97 Å². The molecule has 2 aliphatic heterocycles. The highest BCUT2D eigenvalue weighted by Gasteiger charge is 2.26. The van der Waals surface area contributed by atoms with E-state index in [4.69, 9.17) is 36.3 Å². The summed E-state index contributed by atoms with van der Waals surface area (Å²) >= 11 is 7.55. The van der Waals surface area contributed by atoms with Crippen LogP contribution in [0.15, 0.2) is 42.5 Å². The van der Waals surface area contributed by atoms with Gasteiger partial charge in [-0.1, -0.05) is 17.7 Å². The Labute approximate surface area is 240 Å². The number of nitrogens with zero attached hydrogens (tertiary/aromatic N) is 5. The monoisotopic (exact) mass is 577 g/mol. The lowest BCUT2D eigenvalue weighted by molar-refractivity contribution is -0.0592. The predicted octanol–water partition coefficient (Wildman–Crippen LogP) is 5.46. The van der Waals surface area contributed by atoms with Gasteiger partial charge in [-0.25, -0.2) is 14.8 Å². The molecule has 206 valence electrons. The van der Waals surface area contributed by atoms with Crippen molar-refractivity contribution in [1.82, 2.24) is 19.4 Å². The third-order valence-corrected chi connectivity index (χ3v) is 9.05. The molecule has 9 nitrogen and oxygen atoms in total. The van der Waals surface area contributed by atoms with Crippen LogP contribution in [0.2, 0.25) is 5.02 Å². The molecule has 2 fully saturated rings. The highest BCUT2D eigenvalue weighted by Crippen LogP contribution is 2.31. The fourth-order valence-corrected chi connectivity index (χ4v) is 6.39. The first kappa shape index (κ1) is 26.7. The second kappa shape index (κ2) is 11.6. The molecule has 1 aromatic carbocycles. The van der Waals surface area contributed by atoms with Crippen molar-refractivity contribution in [3.05, 3.63) is 74.3 Å². The van der Waals surface area contributed by atoms with Crippen LogP contribution in [0.1, 0.15) is 56.8 Å². The summed E-state index contributed by atoms with van der Waals surface area (Å²) < 4.78 is 13.7. The third kappa shape index (κ3) is 5.69.